The molecule has 7 heteroatoms. The summed E-state index contributed by atoms with van der Waals surface area (Å²) in [7, 11) is 0. The van der Waals surface area contributed by atoms with E-state index in [-0.39, 0.29) is 22.3 Å². The fourth-order valence-electron chi connectivity index (χ4n) is 3.47. The Morgan fingerprint density at radius 1 is 1.10 bits per heavy atom. The first-order valence-corrected chi connectivity index (χ1v) is 9.56. The molecule has 0 radical (unpaired) electrons. The van der Waals surface area contributed by atoms with E-state index in [2.05, 4.69) is 28.4 Å². The van der Waals surface area contributed by atoms with Crippen molar-refractivity contribution in [1.82, 2.24) is 0 Å². The molecule has 0 aromatic heterocycles. The third-order valence-corrected chi connectivity index (χ3v) is 5.31. The lowest BCUT2D eigenvalue weighted by atomic mass is 10.1. The van der Waals surface area contributed by atoms with Crippen LogP contribution in [0.2, 0.25) is 5.02 Å². The standard InChI is InChI=1S/C22H18ClN3O3/c23-19-10-9-18(26(28)29)13-20(19)24-22(27)17-7-5-15(6-8-17)14-25-12-11-16-3-1-2-4-21(16)25/h1-10,13H,11-12,14H2,(H,24,27). The van der Waals surface area contributed by atoms with E-state index in [4.69, 9.17) is 11.6 Å². The van der Waals surface area contributed by atoms with Crippen molar-refractivity contribution in [3.05, 3.63) is 98.6 Å². The molecule has 0 saturated heterocycles. The predicted octanol–water partition coefficient (Wildman–Crippen LogP) is 5.06. The van der Waals surface area contributed by atoms with E-state index in [0.29, 0.717) is 5.56 Å². The number of benzene rings is 3. The molecule has 1 amide bonds. The predicted molar refractivity (Wildman–Crippen MR) is 114 cm³/mol. The van der Waals surface area contributed by atoms with Gasteiger partial charge >= 0.3 is 0 Å². The molecule has 0 spiro atoms. The van der Waals surface area contributed by atoms with Gasteiger partial charge in [0.15, 0.2) is 0 Å². The van der Waals surface area contributed by atoms with E-state index in [1.165, 1.54) is 29.4 Å². The lowest BCUT2D eigenvalue weighted by Gasteiger charge is -2.19. The number of fused-ring (bicyclic) bond motifs is 1. The van der Waals surface area contributed by atoms with Gasteiger partial charge in [0, 0.05) is 36.5 Å². The number of nitrogens with one attached hydrogen (secondary N) is 1. The number of anilines is 2. The minimum absolute atomic E-state index is 0.133. The third-order valence-electron chi connectivity index (χ3n) is 4.98. The number of carbonyl (C=O) groups is 1. The Morgan fingerprint density at radius 2 is 1.86 bits per heavy atom. The molecule has 1 N–H and O–H groups in total. The van der Waals surface area contributed by atoms with Crippen LogP contribution in [0.15, 0.2) is 66.7 Å². The van der Waals surface area contributed by atoms with E-state index in [9.17, 15) is 14.9 Å². The van der Waals surface area contributed by atoms with Gasteiger partial charge < -0.3 is 10.2 Å². The monoisotopic (exact) mass is 407 g/mol. The van der Waals surface area contributed by atoms with Crippen LogP contribution in [0, 0.1) is 10.1 Å². The van der Waals surface area contributed by atoms with Crippen LogP contribution in [-0.4, -0.2) is 17.4 Å². The van der Waals surface area contributed by atoms with Crippen LogP contribution in [0.1, 0.15) is 21.5 Å². The van der Waals surface area contributed by atoms with Crippen molar-refractivity contribution in [3.63, 3.8) is 0 Å². The molecule has 0 saturated carbocycles. The molecule has 0 atom stereocenters. The van der Waals surface area contributed by atoms with Crippen LogP contribution in [0.3, 0.4) is 0 Å². The highest BCUT2D eigenvalue weighted by Gasteiger charge is 2.18. The smallest absolute Gasteiger partial charge is 0.271 e. The zero-order valence-corrected chi connectivity index (χ0v) is 16.2. The molecule has 3 aromatic carbocycles. The van der Waals surface area contributed by atoms with E-state index >= 15 is 0 Å². The summed E-state index contributed by atoms with van der Waals surface area (Å²) < 4.78 is 0. The Balaban J connectivity index is 1.45. The molecule has 146 valence electrons. The van der Waals surface area contributed by atoms with Crippen molar-refractivity contribution in [2.24, 2.45) is 0 Å². The highest BCUT2D eigenvalue weighted by molar-refractivity contribution is 6.34. The van der Waals surface area contributed by atoms with Crippen molar-refractivity contribution < 1.29 is 9.72 Å². The van der Waals surface area contributed by atoms with Crippen molar-refractivity contribution >= 4 is 34.6 Å². The number of nitro benzene ring substituents is 1. The number of rotatable bonds is 5. The van der Waals surface area contributed by atoms with Crippen LogP contribution in [-0.2, 0) is 13.0 Å². The van der Waals surface area contributed by atoms with Crippen LogP contribution in [0.4, 0.5) is 17.1 Å². The fraction of sp³-hybridized carbons (Fsp3) is 0.136. The zero-order chi connectivity index (χ0) is 20.4. The van der Waals surface area contributed by atoms with Gasteiger partial charge in [0.2, 0.25) is 0 Å². The second kappa shape index (κ2) is 7.93. The number of amides is 1. The summed E-state index contributed by atoms with van der Waals surface area (Å²) in [6.07, 6.45) is 1.04. The van der Waals surface area contributed by atoms with E-state index in [1.807, 2.05) is 18.2 Å². The van der Waals surface area contributed by atoms with Gasteiger partial charge in [-0.2, -0.15) is 0 Å². The third kappa shape index (κ3) is 4.07. The Labute approximate surface area is 172 Å². The average Bonchev–Trinajstić information content (AvgIpc) is 3.13. The first kappa shape index (κ1) is 19.0. The number of nitrogens with zero attached hydrogens (tertiary/aromatic N) is 2. The normalized spacial score (nSPS) is 12.5. The molecule has 0 unspecified atom stereocenters. The minimum atomic E-state index is -0.530. The summed E-state index contributed by atoms with van der Waals surface area (Å²) in [5, 5.41) is 13.8. The lowest BCUT2D eigenvalue weighted by Crippen LogP contribution is -2.19. The molecule has 0 bridgehead atoms. The molecule has 1 heterocycles. The molecule has 0 aliphatic carbocycles. The van der Waals surface area contributed by atoms with Crippen LogP contribution in [0.25, 0.3) is 0 Å². The zero-order valence-electron chi connectivity index (χ0n) is 15.5. The summed E-state index contributed by atoms with van der Waals surface area (Å²) in [4.78, 5) is 25.2. The Hall–Kier alpha value is -3.38. The number of carbonyl (C=O) groups excluding carboxylic acids is 1. The van der Waals surface area contributed by atoms with Gasteiger partial charge in [0.05, 0.1) is 15.6 Å². The van der Waals surface area contributed by atoms with Gasteiger partial charge in [-0.05, 0) is 41.8 Å². The van der Waals surface area contributed by atoms with Gasteiger partial charge in [-0.1, -0.05) is 41.9 Å². The molecule has 4 rings (SSSR count). The van der Waals surface area contributed by atoms with Gasteiger partial charge in [-0.3, -0.25) is 14.9 Å². The first-order chi connectivity index (χ1) is 14.0. The maximum Gasteiger partial charge on any atom is 0.271 e. The van der Waals surface area contributed by atoms with Crippen molar-refractivity contribution in [2.45, 2.75) is 13.0 Å². The number of halogens is 1. The molecule has 1 aliphatic heterocycles. The summed E-state index contributed by atoms with van der Waals surface area (Å²) in [6, 6.07) is 19.7. The molecule has 3 aromatic rings. The number of non-ortho nitro benzene ring substituents is 1. The molecular weight excluding hydrogens is 390 g/mol. The average molecular weight is 408 g/mol. The fourth-order valence-corrected chi connectivity index (χ4v) is 3.63. The second-order valence-electron chi connectivity index (χ2n) is 6.87. The van der Waals surface area contributed by atoms with Gasteiger partial charge in [-0.15, -0.1) is 0 Å². The maximum absolute atomic E-state index is 12.5. The minimum Gasteiger partial charge on any atom is -0.367 e. The maximum atomic E-state index is 12.5. The lowest BCUT2D eigenvalue weighted by molar-refractivity contribution is -0.384. The van der Waals surface area contributed by atoms with Crippen molar-refractivity contribution in [2.75, 3.05) is 16.8 Å². The summed E-state index contributed by atoms with van der Waals surface area (Å²) in [5.41, 5.74) is 4.26. The van der Waals surface area contributed by atoms with Crippen LogP contribution >= 0.6 is 11.6 Å². The van der Waals surface area contributed by atoms with Gasteiger partial charge in [0.1, 0.15) is 0 Å². The number of hydrogen-bond donors (Lipinski definition) is 1. The molecule has 6 nitrogen and oxygen atoms in total. The number of para-hydroxylation sites is 1. The van der Waals surface area contributed by atoms with Crippen LogP contribution in [0.5, 0.6) is 0 Å². The summed E-state index contributed by atoms with van der Waals surface area (Å²) in [5.74, 6) is -0.370. The molecule has 0 fully saturated rings. The van der Waals surface area contributed by atoms with E-state index < -0.39 is 4.92 Å². The first-order valence-electron chi connectivity index (χ1n) is 9.18. The Kier molecular flexibility index (Phi) is 5.18. The quantitative estimate of drug-likeness (QED) is 0.473. The van der Waals surface area contributed by atoms with Crippen molar-refractivity contribution in [3.8, 4) is 0 Å². The van der Waals surface area contributed by atoms with E-state index in [1.54, 1.807) is 12.1 Å². The SMILES string of the molecule is O=C(Nc1cc([N+](=O)[O-])ccc1Cl)c1ccc(CN2CCc3ccccc32)cc1. The summed E-state index contributed by atoms with van der Waals surface area (Å²) >= 11 is 6.05. The van der Waals surface area contributed by atoms with Crippen molar-refractivity contribution in [1.29, 1.82) is 0 Å². The largest absolute Gasteiger partial charge is 0.367 e. The molecular formula is C22H18ClN3O3. The van der Waals surface area contributed by atoms with Gasteiger partial charge in [-0.25, -0.2) is 0 Å². The van der Waals surface area contributed by atoms with Crippen LogP contribution < -0.4 is 10.2 Å². The van der Waals surface area contributed by atoms with E-state index in [0.717, 1.165) is 25.1 Å². The Morgan fingerprint density at radius 3 is 2.62 bits per heavy atom. The number of hydrogen-bond acceptors (Lipinski definition) is 4. The Bertz CT molecular complexity index is 1080. The topological polar surface area (TPSA) is 75.5 Å². The second-order valence-corrected chi connectivity index (χ2v) is 7.28. The van der Waals surface area contributed by atoms with Gasteiger partial charge in [0.25, 0.3) is 11.6 Å². The highest BCUT2D eigenvalue weighted by Crippen LogP contribution is 2.29. The molecule has 29 heavy (non-hydrogen) atoms. The molecule has 1 aliphatic rings. The highest BCUT2D eigenvalue weighted by atomic mass is 35.5. The summed E-state index contributed by atoms with van der Waals surface area (Å²) in [6.45, 7) is 1.75. The number of nitro groups is 1.